The fourth-order valence-electron chi connectivity index (χ4n) is 3.13. The van der Waals surface area contributed by atoms with Gasteiger partial charge in [0.2, 0.25) is 0 Å². The number of fused-ring (bicyclic) bond motifs is 3. The Morgan fingerprint density at radius 2 is 1.52 bits per heavy atom. The molecule has 0 saturated heterocycles. The molecule has 0 bridgehead atoms. The second-order valence-corrected chi connectivity index (χ2v) is 5.70. The smallest absolute Gasteiger partial charge is 0.338 e. The zero-order valence-electron chi connectivity index (χ0n) is 13.7. The summed E-state index contributed by atoms with van der Waals surface area (Å²) in [6.45, 7) is 0. The zero-order chi connectivity index (χ0) is 17.2. The van der Waals surface area contributed by atoms with Crippen molar-refractivity contribution in [3.05, 3.63) is 89.5 Å². The number of anilines is 1. The van der Waals surface area contributed by atoms with Crippen molar-refractivity contribution < 1.29 is 9.53 Å². The molecule has 0 spiro atoms. The molecule has 4 heteroatoms. The molecule has 0 amide bonds. The number of carbonyl (C=O) groups is 1. The lowest BCUT2D eigenvalue weighted by atomic mass is 9.99. The third-order valence-electron chi connectivity index (χ3n) is 4.25. The Morgan fingerprint density at radius 3 is 2.28 bits per heavy atom. The van der Waals surface area contributed by atoms with Crippen LogP contribution in [0.15, 0.2) is 77.9 Å². The summed E-state index contributed by atoms with van der Waals surface area (Å²) in [5.41, 5.74) is 9.17. The lowest BCUT2D eigenvalue weighted by Crippen LogP contribution is -2.05. The summed E-state index contributed by atoms with van der Waals surface area (Å²) in [5.74, 6) is -0.344. The highest BCUT2D eigenvalue weighted by molar-refractivity contribution is 6.26. The number of ether oxygens (including phenoxy) is 1. The van der Waals surface area contributed by atoms with Gasteiger partial charge in [-0.15, -0.1) is 0 Å². The summed E-state index contributed by atoms with van der Waals surface area (Å²) in [7, 11) is 1.40. The van der Waals surface area contributed by atoms with Crippen molar-refractivity contribution in [3.8, 4) is 11.1 Å². The number of nitrogens with one attached hydrogen (secondary N) is 1. The number of hydrazone groups is 1. The maximum atomic E-state index is 12.2. The van der Waals surface area contributed by atoms with Crippen LogP contribution in [0.3, 0.4) is 0 Å². The highest BCUT2D eigenvalue weighted by Gasteiger charge is 2.29. The number of carbonyl (C=O) groups excluding carboxylic acids is 1. The third-order valence-corrected chi connectivity index (χ3v) is 4.25. The van der Waals surface area contributed by atoms with E-state index >= 15 is 0 Å². The largest absolute Gasteiger partial charge is 0.465 e. The monoisotopic (exact) mass is 328 g/mol. The van der Waals surface area contributed by atoms with Gasteiger partial charge in [-0.25, -0.2) is 4.79 Å². The van der Waals surface area contributed by atoms with E-state index in [1.54, 1.807) is 6.07 Å². The number of methoxy groups -OCH3 is 1. The Morgan fingerprint density at radius 1 is 0.840 bits per heavy atom. The van der Waals surface area contributed by atoms with Gasteiger partial charge in [0.15, 0.2) is 0 Å². The first kappa shape index (κ1) is 15.1. The molecule has 0 atom stereocenters. The minimum Gasteiger partial charge on any atom is -0.465 e. The molecule has 3 aromatic carbocycles. The van der Waals surface area contributed by atoms with Crippen molar-refractivity contribution in [1.29, 1.82) is 0 Å². The van der Waals surface area contributed by atoms with Crippen molar-refractivity contribution in [2.75, 3.05) is 12.5 Å². The lowest BCUT2D eigenvalue weighted by molar-refractivity contribution is 0.0601. The fourth-order valence-corrected chi connectivity index (χ4v) is 3.13. The van der Waals surface area contributed by atoms with Crippen LogP contribution < -0.4 is 5.43 Å². The molecular weight excluding hydrogens is 312 g/mol. The molecule has 25 heavy (non-hydrogen) atoms. The van der Waals surface area contributed by atoms with Gasteiger partial charge in [-0.1, -0.05) is 54.6 Å². The molecule has 0 aliphatic heterocycles. The van der Waals surface area contributed by atoms with Crippen molar-refractivity contribution in [2.24, 2.45) is 5.10 Å². The van der Waals surface area contributed by atoms with E-state index in [0.717, 1.165) is 33.7 Å². The summed E-state index contributed by atoms with van der Waals surface area (Å²) in [4.78, 5) is 12.2. The van der Waals surface area contributed by atoms with Crippen LogP contribution in [0.5, 0.6) is 0 Å². The molecule has 0 unspecified atom stereocenters. The number of nitrogens with zero attached hydrogens (tertiary/aromatic N) is 1. The number of esters is 1. The van der Waals surface area contributed by atoms with Gasteiger partial charge < -0.3 is 4.74 Å². The van der Waals surface area contributed by atoms with E-state index in [2.05, 4.69) is 10.5 Å². The Bertz CT molecular complexity index is 978. The topological polar surface area (TPSA) is 50.7 Å². The fraction of sp³-hybridized carbons (Fsp3) is 0.0476. The number of hydrogen-bond donors (Lipinski definition) is 1. The van der Waals surface area contributed by atoms with E-state index in [9.17, 15) is 4.79 Å². The zero-order valence-corrected chi connectivity index (χ0v) is 13.7. The number of para-hydroxylation sites is 1. The minimum atomic E-state index is -0.344. The average molecular weight is 328 g/mol. The van der Waals surface area contributed by atoms with E-state index in [0.29, 0.717) is 5.56 Å². The van der Waals surface area contributed by atoms with E-state index in [1.807, 2.05) is 66.7 Å². The van der Waals surface area contributed by atoms with Gasteiger partial charge in [-0.05, 0) is 23.8 Å². The first-order valence-electron chi connectivity index (χ1n) is 8.00. The molecule has 4 nitrogen and oxygen atoms in total. The number of hydrogen-bond acceptors (Lipinski definition) is 4. The first-order chi connectivity index (χ1) is 12.3. The van der Waals surface area contributed by atoms with Crippen LogP contribution in [-0.4, -0.2) is 18.8 Å². The lowest BCUT2D eigenvalue weighted by Gasteiger charge is -2.07. The number of rotatable bonds is 3. The highest BCUT2D eigenvalue weighted by Crippen LogP contribution is 2.39. The summed E-state index contributed by atoms with van der Waals surface area (Å²) >= 11 is 0. The molecule has 0 fully saturated rings. The quantitative estimate of drug-likeness (QED) is 0.450. The molecule has 1 aliphatic carbocycles. The van der Waals surface area contributed by atoms with Crippen molar-refractivity contribution in [2.45, 2.75) is 0 Å². The van der Waals surface area contributed by atoms with E-state index in [4.69, 9.17) is 4.74 Å². The van der Waals surface area contributed by atoms with E-state index in [-0.39, 0.29) is 5.97 Å². The van der Waals surface area contributed by atoms with E-state index in [1.165, 1.54) is 7.11 Å². The maximum Gasteiger partial charge on any atom is 0.338 e. The van der Waals surface area contributed by atoms with Gasteiger partial charge in [0.05, 0.1) is 24.1 Å². The van der Waals surface area contributed by atoms with Gasteiger partial charge in [-0.3, -0.25) is 5.43 Å². The standard InChI is InChI=1S/C21H16N2O2/c1-25-21(24)18-13-7-12-17-19(18)15-10-5-6-11-16(15)20(17)23-22-14-8-3-2-4-9-14/h2-13,22H,1H3/b23-20-. The molecule has 1 N–H and O–H groups in total. The maximum absolute atomic E-state index is 12.2. The number of benzene rings is 3. The Hall–Kier alpha value is -3.40. The molecular formula is C21H16N2O2. The highest BCUT2D eigenvalue weighted by atomic mass is 16.5. The van der Waals surface area contributed by atoms with Crippen LogP contribution in [0.25, 0.3) is 11.1 Å². The summed E-state index contributed by atoms with van der Waals surface area (Å²) < 4.78 is 4.95. The molecule has 4 rings (SSSR count). The van der Waals surface area contributed by atoms with Crippen LogP contribution in [0.4, 0.5) is 5.69 Å². The van der Waals surface area contributed by atoms with Gasteiger partial charge in [0, 0.05) is 16.7 Å². The molecule has 0 radical (unpaired) electrons. The molecule has 122 valence electrons. The summed E-state index contributed by atoms with van der Waals surface area (Å²) in [5, 5.41) is 4.62. The van der Waals surface area contributed by atoms with Crippen LogP contribution in [0, 0.1) is 0 Å². The molecule has 3 aromatic rings. The van der Waals surface area contributed by atoms with Gasteiger partial charge in [0.25, 0.3) is 0 Å². The van der Waals surface area contributed by atoms with Crippen LogP contribution in [0.2, 0.25) is 0 Å². The molecule has 1 aliphatic rings. The third kappa shape index (κ3) is 2.58. The normalized spacial score (nSPS) is 13.2. The van der Waals surface area contributed by atoms with Crippen LogP contribution in [-0.2, 0) is 4.74 Å². The second-order valence-electron chi connectivity index (χ2n) is 5.70. The predicted molar refractivity (Wildman–Crippen MR) is 98.9 cm³/mol. The molecule has 0 saturated carbocycles. The minimum absolute atomic E-state index is 0.344. The first-order valence-corrected chi connectivity index (χ1v) is 8.00. The van der Waals surface area contributed by atoms with Gasteiger partial charge in [-0.2, -0.15) is 5.10 Å². The van der Waals surface area contributed by atoms with Crippen molar-refractivity contribution in [1.82, 2.24) is 0 Å². The molecule has 0 aromatic heterocycles. The van der Waals surface area contributed by atoms with Gasteiger partial charge >= 0.3 is 5.97 Å². The SMILES string of the molecule is COC(=O)c1cccc2c1-c1ccccc1/C2=N/Nc1ccccc1. The van der Waals surface area contributed by atoms with E-state index < -0.39 is 0 Å². The Labute approximate surface area is 145 Å². The van der Waals surface area contributed by atoms with Crippen LogP contribution >= 0.6 is 0 Å². The second kappa shape index (κ2) is 6.24. The van der Waals surface area contributed by atoms with Crippen molar-refractivity contribution in [3.63, 3.8) is 0 Å². The van der Waals surface area contributed by atoms with Crippen molar-refractivity contribution >= 4 is 17.4 Å². The van der Waals surface area contributed by atoms with Gasteiger partial charge in [0.1, 0.15) is 0 Å². The Balaban J connectivity index is 1.87. The predicted octanol–water partition coefficient (Wildman–Crippen LogP) is 4.32. The average Bonchev–Trinajstić information content (AvgIpc) is 3.00. The molecule has 0 heterocycles. The summed E-state index contributed by atoms with van der Waals surface area (Å²) in [6.07, 6.45) is 0. The Kier molecular flexibility index (Phi) is 3.78. The summed E-state index contributed by atoms with van der Waals surface area (Å²) in [6, 6.07) is 23.4. The van der Waals surface area contributed by atoms with Crippen LogP contribution in [0.1, 0.15) is 21.5 Å².